The van der Waals surface area contributed by atoms with Gasteiger partial charge in [-0.05, 0) is 5.56 Å². The third kappa shape index (κ3) is 2.10. The lowest BCUT2D eigenvalue weighted by atomic mass is 10.2. The van der Waals surface area contributed by atoms with Crippen LogP contribution in [0.5, 0.6) is 0 Å². The summed E-state index contributed by atoms with van der Waals surface area (Å²) >= 11 is 3.35. The van der Waals surface area contributed by atoms with Crippen molar-refractivity contribution >= 4 is 38.7 Å². The van der Waals surface area contributed by atoms with E-state index in [9.17, 15) is 0 Å². The van der Waals surface area contributed by atoms with Crippen molar-refractivity contribution in [1.29, 1.82) is 0 Å². The Balaban J connectivity index is 2.33. The number of anilines is 2. The highest BCUT2D eigenvalue weighted by Gasteiger charge is 2.09. The molecule has 0 atom stereocenters. The number of alkyl halides is 1. The van der Waals surface area contributed by atoms with E-state index in [0.29, 0.717) is 11.5 Å². The van der Waals surface area contributed by atoms with Gasteiger partial charge in [-0.1, -0.05) is 15.9 Å². The Hall–Kier alpha value is -1.34. The molecule has 2 aromatic rings. The predicted octanol–water partition coefficient (Wildman–Crippen LogP) is 0.607. The Labute approximate surface area is 101 Å². The van der Waals surface area contributed by atoms with E-state index in [1.54, 1.807) is 0 Å². The highest BCUT2D eigenvalue weighted by Crippen LogP contribution is 2.22. The molecule has 0 aliphatic carbocycles. The van der Waals surface area contributed by atoms with Gasteiger partial charge in [0.25, 0.3) is 0 Å². The van der Waals surface area contributed by atoms with Gasteiger partial charge >= 0.3 is 0 Å². The van der Waals surface area contributed by atoms with Gasteiger partial charge in [0.1, 0.15) is 11.5 Å². The van der Waals surface area contributed by atoms with Crippen LogP contribution in [0.4, 0.5) is 11.8 Å². The van der Waals surface area contributed by atoms with E-state index in [0.717, 1.165) is 29.4 Å². The van der Waals surface area contributed by atoms with Crippen LogP contribution in [0.3, 0.4) is 0 Å². The van der Waals surface area contributed by atoms with Gasteiger partial charge in [0.2, 0.25) is 5.95 Å². The molecule has 0 fully saturated rings. The predicted molar refractivity (Wildman–Crippen MR) is 68.2 cm³/mol. The minimum atomic E-state index is 0.187. The summed E-state index contributed by atoms with van der Waals surface area (Å²) in [5.74, 6) is 0.603. The molecular formula is C9H13BrN6. The molecule has 2 heterocycles. The van der Waals surface area contributed by atoms with E-state index in [4.69, 9.17) is 11.5 Å². The molecule has 0 aliphatic rings. The molecule has 0 aromatic carbocycles. The number of hydrogen-bond donors (Lipinski definition) is 4. The van der Waals surface area contributed by atoms with Crippen LogP contribution < -0.4 is 16.8 Å². The van der Waals surface area contributed by atoms with Gasteiger partial charge in [-0.2, -0.15) is 9.97 Å². The number of rotatable bonds is 4. The normalized spacial score (nSPS) is 11.1. The minimum Gasteiger partial charge on any atom is -0.383 e. The van der Waals surface area contributed by atoms with Crippen molar-refractivity contribution < 1.29 is 0 Å². The SMILES string of the molecule is Nc1nc(N)c2c(CNCCBr)c[nH]c2n1. The highest BCUT2D eigenvalue weighted by atomic mass is 79.9. The third-order valence-corrected chi connectivity index (χ3v) is 2.64. The topological polar surface area (TPSA) is 106 Å². The molecule has 6 N–H and O–H groups in total. The first-order chi connectivity index (χ1) is 7.72. The molecule has 86 valence electrons. The second kappa shape index (κ2) is 4.67. The lowest BCUT2D eigenvalue weighted by Crippen LogP contribution is -2.15. The first-order valence-electron chi connectivity index (χ1n) is 4.88. The maximum atomic E-state index is 5.82. The largest absolute Gasteiger partial charge is 0.383 e. The lowest BCUT2D eigenvalue weighted by molar-refractivity contribution is 0.738. The van der Waals surface area contributed by atoms with Crippen LogP contribution in [0.25, 0.3) is 11.0 Å². The zero-order valence-corrected chi connectivity index (χ0v) is 10.2. The fourth-order valence-corrected chi connectivity index (χ4v) is 1.85. The summed E-state index contributed by atoms with van der Waals surface area (Å²) in [5.41, 5.74) is 13.1. The Morgan fingerprint density at radius 3 is 2.94 bits per heavy atom. The van der Waals surface area contributed by atoms with E-state index < -0.39 is 0 Å². The Morgan fingerprint density at radius 1 is 1.38 bits per heavy atom. The standard InChI is InChI=1S/C9H13BrN6/c10-1-2-13-3-5-4-14-8-6(5)7(11)15-9(12)16-8/h4,13H,1-3H2,(H5,11,12,14,15,16). The van der Waals surface area contributed by atoms with Gasteiger partial charge < -0.3 is 21.8 Å². The van der Waals surface area contributed by atoms with Crippen molar-refractivity contribution in [2.24, 2.45) is 0 Å². The molecule has 16 heavy (non-hydrogen) atoms. The van der Waals surface area contributed by atoms with Crippen molar-refractivity contribution in [3.05, 3.63) is 11.8 Å². The number of nitrogens with zero attached hydrogens (tertiary/aromatic N) is 2. The molecule has 0 radical (unpaired) electrons. The third-order valence-electron chi connectivity index (χ3n) is 2.25. The van der Waals surface area contributed by atoms with Crippen LogP contribution in [0.2, 0.25) is 0 Å². The molecule has 0 spiro atoms. The molecular weight excluding hydrogens is 272 g/mol. The molecule has 0 saturated carbocycles. The molecule has 6 nitrogen and oxygen atoms in total. The number of aromatic nitrogens is 3. The number of nitrogens with one attached hydrogen (secondary N) is 2. The van der Waals surface area contributed by atoms with Crippen LogP contribution in [0, 0.1) is 0 Å². The molecule has 7 heteroatoms. The summed E-state index contributed by atoms with van der Waals surface area (Å²) in [7, 11) is 0. The summed E-state index contributed by atoms with van der Waals surface area (Å²) < 4.78 is 0. The molecule has 0 saturated heterocycles. The number of aromatic amines is 1. The monoisotopic (exact) mass is 284 g/mol. The number of halogens is 1. The smallest absolute Gasteiger partial charge is 0.223 e. The zero-order chi connectivity index (χ0) is 11.5. The van der Waals surface area contributed by atoms with Crippen LogP contribution in [-0.4, -0.2) is 26.8 Å². The fraction of sp³-hybridized carbons (Fsp3) is 0.333. The van der Waals surface area contributed by atoms with Gasteiger partial charge in [-0.15, -0.1) is 0 Å². The van der Waals surface area contributed by atoms with Crippen LogP contribution in [0.1, 0.15) is 5.56 Å². The maximum absolute atomic E-state index is 5.82. The van der Waals surface area contributed by atoms with E-state index >= 15 is 0 Å². The number of H-pyrrole nitrogens is 1. The van der Waals surface area contributed by atoms with Gasteiger partial charge in [-0.3, -0.25) is 0 Å². The van der Waals surface area contributed by atoms with Crippen LogP contribution in [-0.2, 0) is 6.54 Å². The summed E-state index contributed by atoms with van der Waals surface area (Å²) in [4.78, 5) is 11.1. The number of nitrogen functional groups attached to an aromatic ring is 2. The number of nitrogens with two attached hydrogens (primary N) is 2. The van der Waals surface area contributed by atoms with E-state index in [2.05, 4.69) is 36.2 Å². The fourth-order valence-electron chi connectivity index (χ4n) is 1.57. The molecule has 0 amide bonds. The number of fused-ring (bicyclic) bond motifs is 1. The van der Waals surface area contributed by atoms with Gasteiger partial charge in [0.05, 0.1) is 5.39 Å². The quantitative estimate of drug-likeness (QED) is 0.486. The maximum Gasteiger partial charge on any atom is 0.223 e. The second-order valence-electron chi connectivity index (χ2n) is 3.37. The molecule has 0 aliphatic heterocycles. The average Bonchev–Trinajstić information content (AvgIpc) is 2.62. The first kappa shape index (κ1) is 11.2. The Morgan fingerprint density at radius 2 is 2.19 bits per heavy atom. The van der Waals surface area contributed by atoms with Gasteiger partial charge in [0, 0.05) is 24.6 Å². The van der Waals surface area contributed by atoms with Crippen molar-refractivity contribution in [2.75, 3.05) is 23.3 Å². The summed E-state index contributed by atoms with van der Waals surface area (Å²) in [6, 6.07) is 0. The van der Waals surface area contributed by atoms with E-state index in [-0.39, 0.29) is 5.95 Å². The molecule has 2 rings (SSSR count). The van der Waals surface area contributed by atoms with Crippen molar-refractivity contribution in [3.63, 3.8) is 0 Å². The Bertz CT molecular complexity index is 494. The van der Waals surface area contributed by atoms with Crippen LogP contribution in [0.15, 0.2) is 6.20 Å². The zero-order valence-electron chi connectivity index (χ0n) is 8.63. The number of hydrogen-bond acceptors (Lipinski definition) is 5. The molecule has 0 unspecified atom stereocenters. The van der Waals surface area contributed by atoms with E-state index in [1.807, 2.05) is 6.20 Å². The summed E-state index contributed by atoms with van der Waals surface area (Å²) in [6.45, 7) is 1.62. The second-order valence-corrected chi connectivity index (χ2v) is 4.16. The van der Waals surface area contributed by atoms with Crippen molar-refractivity contribution in [2.45, 2.75) is 6.54 Å². The van der Waals surface area contributed by atoms with E-state index in [1.165, 1.54) is 0 Å². The minimum absolute atomic E-state index is 0.187. The first-order valence-corrected chi connectivity index (χ1v) is 6.00. The molecule has 2 aromatic heterocycles. The summed E-state index contributed by atoms with van der Waals surface area (Å²) in [5, 5.41) is 5.02. The highest BCUT2D eigenvalue weighted by molar-refractivity contribution is 9.09. The Kier molecular flexibility index (Phi) is 3.25. The van der Waals surface area contributed by atoms with Crippen LogP contribution >= 0.6 is 15.9 Å². The summed E-state index contributed by atoms with van der Waals surface area (Å²) in [6.07, 6.45) is 1.87. The van der Waals surface area contributed by atoms with Crippen molar-refractivity contribution in [1.82, 2.24) is 20.3 Å². The molecule has 0 bridgehead atoms. The van der Waals surface area contributed by atoms with Crippen molar-refractivity contribution in [3.8, 4) is 0 Å². The average molecular weight is 285 g/mol. The van der Waals surface area contributed by atoms with Gasteiger partial charge in [-0.25, -0.2) is 0 Å². The lowest BCUT2D eigenvalue weighted by Gasteiger charge is -2.02. The van der Waals surface area contributed by atoms with Gasteiger partial charge in [0.15, 0.2) is 0 Å².